The molecule has 1 aromatic rings. The lowest BCUT2D eigenvalue weighted by atomic mass is 10.9. The van der Waals surface area contributed by atoms with Crippen molar-refractivity contribution in [2.24, 2.45) is 7.05 Å². The smallest absolute Gasteiger partial charge is 0.264 e. The van der Waals surface area contributed by atoms with E-state index in [2.05, 4.69) is 4.98 Å². The fraction of sp³-hybridized carbons (Fsp3) is 0.500. The van der Waals surface area contributed by atoms with Crippen molar-refractivity contribution in [3.05, 3.63) is 18.7 Å². The maximum atomic E-state index is 9.56. The van der Waals surface area contributed by atoms with Crippen LogP contribution in [0, 0.1) is 0 Å². The van der Waals surface area contributed by atoms with Gasteiger partial charge in [0.25, 0.3) is 10.1 Å². The van der Waals surface area contributed by atoms with Crippen LogP contribution in [0.4, 0.5) is 0 Å². The van der Waals surface area contributed by atoms with E-state index in [1.807, 2.05) is 17.8 Å². The summed E-state index contributed by atoms with van der Waals surface area (Å²) >= 11 is 0. The van der Waals surface area contributed by atoms with Crippen molar-refractivity contribution < 1.29 is 13.0 Å². The molecule has 0 aromatic carbocycles. The molecule has 0 saturated carbocycles. The Bertz CT molecular complexity index is 291. The monoisotopic (exact) mass is 192 g/mol. The second-order valence-electron chi connectivity index (χ2n) is 2.10. The molecule has 12 heavy (non-hydrogen) atoms. The highest BCUT2D eigenvalue weighted by Crippen LogP contribution is 1.74. The van der Waals surface area contributed by atoms with Crippen molar-refractivity contribution >= 4 is 10.1 Å². The Kier molecular flexibility index (Phi) is 4.53. The van der Waals surface area contributed by atoms with E-state index in [9.17, 15) is 8.42 Å². The molecule has 0 saturated heterocycles. The van der Waals surface area contributed by atoms with E-state index in [1.54, 1.807) is 12.5 Å². The summed E-state index contributed by atoms with van der Waals surface area (Å²) in [5, 5.41) is 0. The van der Waals surface area contributed by atoms with Crippen LogP contribution >= 0.6 is 0 Å². The maximum Gasteiger partial charge on any atom is 0.264 e. The van der Waals surface area contributed by atoms with E-state index in [0.717, 1.165) is 0 Å². The van der Waals surface area contributed by atoms with Gasteiger partial charge in [-0.05, 0) is 6.92 Å². The van der Waals surface area contributed by atoms with Gasteiger partial charge >= 0.3 is 0 Å². The molecule has 1 N–H and O–H groups in total. The second-order valence-corrected chi connectivity index (χ2v) is 3.84. The minimum atomic E-state index is -3.66. The fourth-order valence-electron chi connectivity index (χ4n) is 0.326. The van der Waals surface area contributed by atoms with Crippen molar-refractivity contribution in [1.29, 1.82) is 0 Å². The average molecular weight is 192 g/mol. The summed E-state index contributed by atoms with van der Waals surface area (Å²) in [5.74, 6) is -0.201. The van der Waals surface area contributed by atoms with Crippen LogP contribution in [-0.2, 0) is 17.2 Å². The third-order valence-electron chi connectivity index (χ3n) is 1.00. The number of nitrogens with zero attached hydrogens (tertiary/aromatic N) is 2. The van der Waals surface area contributed by atoms with Gasteiger partial charge < -0.3 is 4.57 Å². The predicted octanol–water partition coefficient (Wildman–Crippen LogP) is 0.314. The zero-order valence-electron chi connectivity index (χ0n) is 7.01. The van der Waals surface area contributed by atoms with Gasteiger partial charge in [0.1, 0.15) is 0 Å². The largest absolute Gasteiger partial charge is 0.341 e. The molecule has 70 valence electrons. The van der Waals surface area contributed by atoms with Gasteiger partial charge in [0.2, 0.25) is 0 Å². The van der Waals surface area contributed by atoms with Crippen LogP contribution in [0.25, 0.3) is 0 Å². The Hall–Kier alpha value is -0.880. The highest BCUT2D eigenvalue weighted by Gasteiger charge is 1.93. The molecule has 0 bridgehead atoms. The molecule has 1 rings (SSSR count). The zero-order chi connectivity index (χ0) is 9.61. The molecule has 5 nitrogen and oxygen atoms in total. The van der Waals surface area contributed by atoms with Gasteiger partial charge in [0.15, 0.2) is 0 Å². The summed E-state index contributed by atoms with van der Waals surface area (Å²) in [6, 6.07) is 0. The molecule has 0 spiro atoms. The molecule has 0 aliphatic rings. The number of imidazole rings is 1. The molecule has 6 heteroatoms. The van der Waals surface area contributed by atoms with Crippen LogP contribution in [0.1, 0.15) is 6.92 Å². The van der Waals surface area contributed by atoms with Crippen molar-refractivity contribution in [2.45, 2.75) is 6.92 Å². The molecule has 1 heterocycles. The van der Waals surface area contributed by atoms with Crippen molar-refractivity contribution in [3.8, 4) is 0 Å². The molecular formula is C6H12N2O3S. The Labute approximate surface area is 71.8 Å². The standard InChI is InChI=1S/C4H6N2.C2H6O3S/c1-6-3-2-5-4-6;1-2-6(3,4)5/h2-4H,1H3;2H2,1H3,(H,3,4,5). The Balaban J connectivity index is 0.000000202. The minimum Gasteiger partial charge on any atom is -0.341 e. The molecule has 0 unspecified atom stereocenters. The Morgan fingerprint density at radius 1 is 1.58 bits per heavy atom. The number of aryl methyl sites for hydroxylation is 1. The SMILES string of the molecule is CCS(=O)(=O)O.Cn1ccnc1. The number of hydrogen-bond donors (Lipinski definition) is 1. The molecule has 0 fully saturated rings. The number of rotatable bonds is 1. The topological polar surface area (TPSA) is 72.2 Å². The summed E-state index contributed by atoms with van der Waals surface area (Å²) in [6.07, 6.45) is 5.39. The van der Waals surface area contributed by atoms with Gasteiger partial charge in [0.05, 0.1) is 12.1 Å². The van der Waals surface area contributed by atoms with Gasteiger partial charge in [0, 0.05) is 19.4 Å². The van der Waals surface area contributed by atoms with Crippen molar-refractivity contribution in [3.63, 3.8) is 0 Å². The highest BCUT2D eigenvalue weighted by atomic mass is 32.2. The van der Waals surface area contributed by atoms with E-state index in [1.165, 1.54) is 6.92 Å². The molecular weight excluding hydrogens is 180 g/mol. The normalized spacial score (nSPS) is 10.2. The second kappa shape index (κ2) is 4.89. The van der Waals surface area contributed by atoms with Gasteiger partial charge in [-0.1, -0.05) is 0 Å². The third-order valence-corrected chi connectivity index (χ3v) is 1.73. The van der Waals surface area contributed by atoms with Crippen LogP contribution in [0.5, 0.6) is 0 Å². The van der Waals surface area contributed by atoms with Crippen LogP contribution in [0.2, 0.25) is 0 Å². The molecule has 0 aliphatic heterocycles. The lowest BCUT2D eigenvalue weighted by Gasteiger charge is -1.79. The van der Waals surface area contributed by atoms with E-state index in [0.29, 0.717) is 0 Å². The quantitative estimate of drug-likeness (QED) is 0.650. The first-order valence-corrected chi connectivity index (χ1v) is 4.93. The summed E-state index contributed by atoms with van der Waals surface area (Å²) in [7, 11) is -1.72. The van der Waals surface area contributed by atoms with Crippen LogP contribution in [-0.4, -0.2) is 28.3 Å². The first-order valence-electron chi connectivity index (χ1n) is 3.33. The zero-order valence-corrected chi connectivity index (χ0v) is 7.82. The van der Waals surface area contributed by atoms with Gasteiger partial charge in [-0.25, -0.2) is 4.98 Å². The van der Waals surface area contributed by atoms with Crippen LogP contribution in [0.3, 0.4) is 0 Å². The van der Waals surface area contributed by atoms with E-state index in [4.69, 9.17) is 4.55 Å². The summed E-state index contributed by atoms with van der Waals surface area (Å²) in [6.45, 7) is 1.37. The Morgan fingerprint density at radius 2 is 2.08 bits per heavy atom. The van der Waals surface area contributed by atoms with Crippen molar-refractivity contribution in [2.75, 3.05) is 5.75 Å². The molecule has 0 radical (unpaired) electrons. The Morgan fingerprint density at radius 3 is 2.17 bits per heavy atom. The lowest BCUT2D eigenvalue weighted by Crippen LogP contribution is -1.97. The highest BCUT2D eigenvalue weighted by molar-refractivity contribution is 7.85. The van der Waals surface area contributed by atoms with Gasteiger partial charge in [-0.15, -0.1) is 0 Å². The lowest BCUT2D eigenvalue weighted by molar-refractivity contribution is 0.484. The summed E-state index contributed by atoms with van der Waals surface area (Å²) < 4.78 is 28.8. The first-order chi connectivity index (χ1) is 5.45. The minimum absolute atomic E-state index is 0.201. The van der Waals surface area contributed by atoms with E-state index < -0.39 is 10.1 Å². The number of hydrogen-bond acceptors (Lipinski definition) is 3. The van der Waals surface area contributed by atoms with Crippen molar-refractivity contribution in [1.82, 2.24) is 9.55 Å². The van der Waals surface area contributed by atoms with E-state index in [-0.39, 0.29) is 5.75 Å². The average Bonchev–Trinajstić information content (AvgIpc) is 2.39. The summed E-state index contributed by atoms with van der Waals surface area (Å²) in [4.78, 5) is 3.78. The number of aromatic nitrogens is 2. The first kappa shape index (κ1) is 11.1. The maximum absolute atomic E-state index is 9.56. The predicted molar refractivity (Wildman–Crippen MR) is 45.3 cm³/mol. The van der Waals surface area contributed by atoms with Crippen LogP contribution < -0.4 is 0 Å². The van der Waals surface area contributed by atoms with Crippen LogP contribution in [0.15, 0.2) is 18.7 Å². The molecule has 0 atom stereocenters. The third kappa shape index (κ3) is 7.23. The molecule has 1 aromatic heterocycles. The van der Waals surface area contributed by atoms with E-state index >= 15 is 0 Å². The molecule has 0 aliphatic carbocycles. The summed E-state index contributed by atoms with van der Waals surface area (Å²) in [5.41, 5.74) is 0. The molecule has 0 amide bonds. The van der Waals surface area contributed by atoms with Gasteiger partial charge in [-0.3, -0.25) is 4.55 Å². The fourth-order valence-corrected chi connectivity index (χ4v) is 0.326. The van der Waals surface area contributed by atoms with Gasteiger partial charge in [-0.2, -0.15) is 8.42 Å².